The van der Waals surface area contributed by atoms with Gasteiger partial charge in [-0.2, -0.15) is 0 Å². The van der Waals surface area contributed by atoms with Crippen molar-refractivity contribution in [3.05, 3.63) is 36.0 Å². The zero-order valence-corrected chi connectivity index (χ0v) is 14.9. The maximum atomic E-state index is 11.5. The Kier molecular flexibility index (Phi) is 5.28. The number of anilines is 1. The Labute approximate surface area is 147 Å². The number of aromatic nitrogens is 4. The molecule has 0 aliphatic carbocycles. The van der Waals surface area contributed by atoms with Gasteiger partial charge in [-0.25, -0.2) is 4.98 Å². The smallest absolute Gasteiger partial charge is 0.271 e. The number of nitrogens with one attached hydrogen (secondary N) is 2. The minimum Gasteiger partial charge on any atom is -0.368 e. The van der Waals surface area contributed by atoms with Crippen LogP contribution in [0, 0.1) is 5.92 Å². The predicted octanol–water partition coefficient (Wildman–Crippen LogP) is 1.06. The van der Waals surface area contributed by atoms with Gasteiger partial charge < -0.3 is 15.2 Å². The minimum absolute atomic E-state index is 0.232. The highest BCUT2D eigenvalue weighted by Gasteiger charge is 2.32. The molecule has 0 unspecified atom stereocenters. The van der Waals surface area contributed by atoms with Gasteiger partial charge in [-0.05, 0) is 44.5 Å². The lowest BCUT2D eigenvalue weighted by Crippen LogP contribution is -2.39. The summed E-state index contributed by atoms with van der Waals surface area (Å²) in [7, 11) is 5.79. The molecule has 1 aliphatic heterocycles. The monoisotopic (exact) mass is 343 g/mol. The standard InChI is InChI=1S/C17H25N7O/c1-18-17(25)13-6-7-15(22-21-13)20-9-12-5-4-8-23(2)16(12)14-10-19-11-24(14)3/h6-7,10-12,16H,4-5,8-9H2,1-3H3,(H,18,25)(H,20,22)/t12-,16+/m0/s1. The van der Waals surface area contributed by atoms with E-state index in [1.54, 1.807) is 19.2 Å². The van der Waals surface area contributed by atoms with Crippen molar-refractivity contribution in [2.75, 3.05) is 32.5 Å². The fraction of sp³-hybridized carbons (Fsp3) is 0.529. The average molecular weight is 343 g/mol. The van der Waals surface area contributed by atoms with Crippen LogP contribution in [0.5, 0.6) is 0 Å². The Morgan fingerprint density at radius 1 is 1.32 bits per heavy atom. The predicted molar refractivity (Wildman–Crippen MR) is 95.2 cm³/mol. The van der Waals surface area contributed by atoms with Crippen LogP contribution in [0.1, 0.15) is 35.1 Å². The third kappa shape index (κ3) is 3.79. The van der Waals surface area contributed by atoms with Crippen LogP contribution in [0.4, 0.5) is 5.82 Å². The molecule has 2 atom stereocenters. The Balaban J connectivity index is 1.68. The van der Waals surface area contributed by atoms with Crippen molar-refractivity contribution in [3.8, 4) is 0 Å². The van der Waals surface area contributed by atoms with Gasteiger partial charge in [0.15, 0.2) is 5.69 Å². The van der Waals surface area contributed by atoms with Crippen LogP contribution >= 0.6 is 0 Å². The van der Waals surface area contributed by atoms with E-state index in [1.165, 1.54) is 12.1 Å². The first-order chi connectivity index (χ1) is 12.1. The van der Waals surface area contributed by atoms with Gasteiger partial charge in [0, 0.05) is 26.8 Å². The van der Waals surface area contributed by atoms with E-state index in [4.69, 9.17) is 0 Å². The second kappa shape index (κ2) is 7.60. The highest BCUT2D eigenvalue weighted by atomic mass is 16.1. The van der Waals surface area contributed by atoms with Crippen molar-refractivity contribution in [2.45, 2.75) is 18.9 Å². The SMILES string of the molecule is CNC(=O)c1ccc(NC[C@@H]2CCCN(C)[C@H]2c2cncn2C)nn1. The first-order valence-corrected chi connectivity index (χ1v) is 8.56. The van der Waals surface area contributed by atoms with Gasteiger partial charge in [-0.15, -0.1) is 10.2 Å². The first-order valence-electron chi connectivity index (χ1n) is 8.56. The van der Waals surface area contributed by atoms with E-state index in [2.05, 4.69) is 42.3 Å². The molecule has 0 bridgehead atoms. The summed E-state index contributed by atoms with van der Waals surface area (Å²) >= 11 is 0. The fourth-order valence-corrected chi connectivity index (χ4v) is 3.50. The summed E-state index contributed by atoms with van der Waals surface area (Å²) in [4.78, 5) is 18.2. The van der Waals surface area contributed by atoms with Crippen molar-refractivity contribution in [1.29, 1.82) is 0 Å². The van der Waals surface area contributed by atoms with E-state index in [9.17, 15) is 4.79 Å². The Bertz CT molecular complexity index is 712. The molecule has 8 nitrogen and oxygen atoms in total. The molecular weight excluding hydrogens is 318 g/mol. The Hall–Kier alpha value is -2.48. The molecule has 0 radical (unpaired) electrons. The van der Waals surface area contributed by atoms with Gasteiger partial charge in [-0.1, -0.05) is 0 Å². The van der Waals surface area contributed by atoms with Gasteiger partial charge in [-0.3, -0.25) is 9.69 Å². The summed E-state index contributed by atoms with van der Waals surface area (Å²) in [6.45, 7) is 1.89. The second-order valence-electron chi connectivity index (χ2n) is 6.52. The van der Waals surface area contributed by atoms with Crippen molar-refractivity contribution >= 4 is 11.7 Å². The molecule has 3 heterocycles. The van der Waals surface area contributed by atoms with E-state index in [-0.39, 0.29) is 5.91 Å². The number of hydrogen-bond acceptors (Lipinski definition) is 6. The molecule has 2 aromatic rings. The zero-order valence-electron chi connectivity index (χ0n) is 14.9. The molecule has 25 heavy (non-hydrogen) atoms. The van der Waals surface area contributed by atoms with Gasteiger partial charge >= 0.3 is 0 Å². The maximum Gasteiger partial charge on any atom is 0.271 e. The van der Waals surface area contributed by atoms with Crippen LogP contribution in [0.3, 0.4) is 0 Å². The number of hydrogen-bond donors (Lipinski definition) is 2. The van der Waals surface area contributed by atoms with Gasteiger partial charge in [0.1, 0.15) is 5.82 Å². The van der Waals surface area contributed by atoms with E-state index >= 15 is 0 Å². The van der Waals surface area contributed by atoms with Crippen LogP contribution in [0.2, 0.25) is 0 Å². The topological polar surface area (TPSA) is 88.0 Å². The lowest BCUT2D eigenvalue weighted by molar-refractivity contribution is 0.0957. The quantitative estimate of drug-likeness (QED) is 0.844. The molecule has 2 N–H and O–H groups in total. The van der Waals surface area contributed by atoms with E-state index in [0.717, 1.165) is 19.5 Å². The highest BCUT2D eigenvalue weighted by Crippen LogP contribution is 2.34. The molecule has 0 saturated carbocycles. The van der Waals surface area contributed by atoms with Crippen LogP contribution < -0.4 is 10.6 Å². The van der Waals surface area contributed by atoms with Crippen LogP contribution in [0.15, 0.2) is 24.7 Å². The first kappa shape index (κ1) is 17.3. The van der Waals surface area contributed by atoms with E-state index in [0.29, 0.717) is 23.5 Å². The van der Waals surface area contributed by atoms with Gasteiger partial charge in [0.25, 0.3) is 5.91 Å². The normalized spacial score (nSPS) is 21.1. The number of carbonyl (C=O) groups is 1. The van der Waals surface area contributed by atoms with E-state index in [1.807, 2.05) is 19.6 Å². The Morgan fingerprint density at radius 3 is 2.80 bits per heavy atom. The molecule has 0 aromatic carbocycles. The van der Waals surface area contributed by atoms with Crippen molar-refractivity contribution in [3.63, 3.8) is 0 Å². The summed E-state index contributed by atoms with van der Waals surface area (Å²) in [5.74, 6) is 0.906. The van der Waals surface area contributed by atoms with Crippen LogP contribution in [-0.2, 0) is 7.05 Å². The summed E-state index contributed by atoms with van der Waals surface area (Å²) in [5.41, 5.74) is 1.55. The molecule has 1 amide bonds. The van der Waals surface area contributed by atoms with Gasteiger partial charge in [0.05, 0.1) is 18.1 Å². The number of nitrogens with zero attached hydrogens (tertiary/aromatic N) is 5. The number of aryl methyl sites for hydroxylation is 1. The molecule has 3 rings (SSSR count). The lowest BCUT2D eigenvalue weighted by Gasteiger charge is -2.39. The van der Waals surface area contributed by atoms with Crippen LogP contribution in [-0.4, -0.2) is 57.7 Å². The molecule has 134 valence electrons. The second-order valence-corrected chi connectivity index (χ2v) is 6.52. The average Bonchev–Trinajstić information content (AvgIpc) is 3.05. The Morgan fingerprint density at radius 2 is 2.16 bits per heavy atom. The number of piperidine rings is 1. The number of carbonyl (C=O) groups excluding carboxylic acids is 1. The summed E-state index contributed by atoms with van der Waals surface area (Å²) < 4.78 is 2.09. The summed E-state index contributed by atoms with van der Waals surface area (Å²) in [6.07, 6.45) is 6.14. The summed E-state index contributed by atoms with van der Waals surface area (Å²) in [5, 5.41) is 14.0. The molecule has 1 fully saturated rings. The molecule has 1 aliphatic rings. The molecule has 2 aromatic heterocycles. The number of amides is 1. The maximum absolute atomic E-state index is 11.5. The van der Waals surface area contributed by atoms with Crippen molar-refractivity contribution < 1.29 is 4.79 Å². The number of imidazole rings is 1. The number of rotatable bonds is 5. The molecular formula is C17H25N7O. The van der Waals surface area contributed by atoms with Crippen molar-refractivity contribution in [2.24, 2.45) is 13.0 Å². The highest BCUT2D eigenvalue weighted by molar-refractivity contribution is 5.91. The third-order valence-electron chi connectivity index (χ3n) is 4.83. The number of likely N-dealkylation sites (tertiary alicyclic amines) is 1. The third-order valence-corrected chi connectivity index (χ3v) is 4.83. The van der Waals surface area contributed by atoms with Gasteiger partial charge in [0.2, 0.25) is 0 Å². The summed E-state index contributed by atoms with van der Waals surface area (Å²) in [6, 6.07) is 3.80. The van der Waals surface area contributed by atoms with Crippen molar-refractivity contribution in [1.82, 2.24) is 30.0 Å². The zero-order chi connectivity index (χ0) is 17.8. The minimum atomic E-state index is -0.232. The fourth-order valence-electron chi connectivity index (χ4n) is 3.50. The molecule has 8 heteroatoms. The van der Waals surface area contributed by atoms with E-state index < -0.39 is 0 Å². The molecule has 0 spiro atoms. The molecule has 1 saturated heterocycles. The largest absolute Gasteiger partial charge is 0.368 e. The lowest BCUT2D eigenvalue weighted by atomic mass is 9.87. The van der Waals surface area contributed by atoms with Crippen LogP contribution in [0.25, 0.3) is 0 Å².